The van der Waals surface area contributed by atoms with Crippen molar-refractivity contribution in [2.24, 2.45) is 0 Å². The third-order valence-corrected chi connectivity index (χ3v) is 3.03. The standard InChI is InChI=1S/C14H27N3O/c1-6-12-8-13(17(7-2)16-12)9-14(5,18)10-15-11(3)4/h8,11,15,18H,6-7,9-10H2,1-5H3. The monoisotopic (exact) mass is 253 g/mol. The maximum atomic E-state index is 10.4. The van der Waals surface area contributed by atoms with Crippen LogP contribution in [0, 0.1) is 0 Å². The van der Waals surface area contributed by atoms with Crippen molar-refractivity contribution in [1.29, 1.82) is 0 Å². The summed E-state index contributed by atoms with van der Waals surface area (Å²) in [7, 11) is 0. The first-order valence-corrected chi connectivity index (χ1v) is 6.89. The van der Waals surface area contributed by atoms with Crippen molar-refractivity contribution in [3.8, 4) is 0 Å². The van der Waals surface area contributed by atoms with Crippen LogP contribution < -0.4 is 5.32 Å². The van der Waals surface area contributed by atoms with Gasteiger partial charge in [0.15, 0.2) is 0 Å². The summed E-state index contributed by atoms with van der Waals surface area (Å²) in [6.45, 7) is 11.7. The van der Waals surface area contributed by atoms with Gasteiger partial charge in [-0.1, -0.05) is 20.8 Å². The van der Waals surface area contributed by atoms with Crippen molar-refractivity contribution in [3.63, 3.8) is 0 Å². The Bertz CT molecular complexity index is 369. The van der Waals surface area contributed by atoms with Crippen molar-refractivity contribution in [2.45, 2.75) is 65.6 Å². The van der Waals surface area contributed by atoms with Crippen LogP contribution in [0.4, 0.5) is 0 Å². The Morgan fingerprint density at radius 2 is 2.11 bits per heavy atom. The maximum Gasteiger partial charge on any atom is 0.0798 e. The van der Waals surface area contributed by atoms with Crippen molar-refractivity contribution in [3.05, 3.63) is 17.5 Å². The van der Waals surface area contributed by atoms with E-state index in [1.807, 2.05) is 11.6 Å². The van der Waals surface area contributed by atoms with E-state index < -0.39 is 5.60 Å². The van der Waals surface area contributed by atoms with Gasteiger partial charge in [0.1, 0.15) is 0 Å². The first-order valence-electron chi connectivity index (χ1n) is 6.89. The summed E-state index contributed by atoms with van der Waals surface area (Å²) in [5.74, 6) is 0. The smallest absolute Gasteiger partial charge is 0.0798 e. The molecule has 4 heteroatoms. The van der Waals surface area contributed by atoms with Gasteiger partial charge in [0.25, 0.3) is 0 Å². The fourth-order valence-electron chi connectivity index (χ4n) is 1.98. The number of hydrogen-bond acceptors (Lipinski definition) is 3. The molecule has 0 amide bonds. The van der Waals surface area contributed by atoms with E-state index in [1.54, 1.807) is 0 Å². The van der Waals surface area contributed by atoms with Gasteiger partial charge in [-0.3, -0.25) is 4.68 Å². The lowest BCUT2D eigenvalue weighted by Gasteiger charge is -2.25. The van der Waals surface area contributed by atoms with Gasteiger partial charge in [-0.25, -0.2) is 0 Å². The van der Waals surface area contributed by atoms with E-state index in [4.69, 9.17) is 0 Å². The van der Waals surface area contributed by atoms with E-state index in [-0.39, 0.29) is 0 Å². The summed E-state index contributed by atoms with van der Waals surface area (Å²) in [4.78, 5) is 0. The first kappa shape index (κ1) is 15.2. The minimum Gasteiger partial charge on any atom is -0.388 e. The second-order valence-corrected chi connectivity index (χ2v) is 5.51. The number of aryl methyl sites for hydroxylation is 2. The Hall–Kier alpha value is -0.870. The number of nitrogens with zero attached hydrogens (tertiary/aromatic N) is 2. The molecular weight excluding hydrogens is 226 g/mol. The number of aromatic nitrogens is 2. The second-order valence-electron chi connectivity index (χ2n) is 5.51. The molecule has 104 valence electrons. The molecule has 1 aromatic heterocycles. The number of nitrogens with one attached hydrogen (secondary N) is 1. The summed E-state index contributed by atoms with van der Waals surface area (Å²) in [6.07, 6.45) is 1.57. The molecule has 0 spiro atoms. The fraction of sp³-hybridized carbons (Fsp3) is 0.786. The topological polar surface area (TPSA) is 50.1 Å². The SMILES string of the molecule is CCc1cc(CC(C)(O)CNC(C)C)n(CC)n1. The molecular formula is C14H27N3O. The number of aliphatic hydroxyl groups is 1. The molecule has 1 unspecified atom stereocenters. The quantitative estimate of drug-likeness (QED) is 0.778. The van der Waals surface area contributed by atoms with Crippen LogP contribution in [0.3, 0.4) is 0 Å². The molecule has 0 fully saturated rings. The van der Waals surface area contributed by atoms with Gasteiger partial charge in [-0.05, 0) is 26.3 Å². The molecule has 0 aliphatic carbocycles. The summed E-state index contributed by atoms with van der Waals surface area (Å²) >= 11 is 0. The average Bonchev–Trinajstić information content (AvgIpc) is 2.68. The molecule has 0 saturated carbocycles. The van der Waals surface area contributed by atoms with E-state index >= 15 is 0 Å². The second kappa shape index (κ2) is 6.34. The van der Waals surface area contributed by atoms with Crippen LogP contribution >= 0.6 is 0 Å². The van der Waals surface area contributed by atoms with E-state index in [0.29, 0.717) is 19.0 Å². The Kier molecular flexibility index (Phi) is 5.35. The van der Waals surface area contributed by atoms with Gasteiger partial charge < -0.3 is 10.4 Å². The molecule has 1 rings (SSSR count). The lowest BCUT2D eigenvalue weighted by atomic mass is 9.99. The Morgan fingerprint density at radius 1 is 1.44 bits per heavy atom. The Morgan fingerprint density at radius 3 is 2.61 bits per heavy atom. The summed E-state index contributed by atoms with van der Waals surface area (Å²) in [5.41, 5.74) is 1.48. The molecule has 0 aliphatic rings. The van der Waals surface area contributed by atoms with Gasteiger partial charge in [0, 0.05) is 31.2 Å². The van der Waals surface area contributed by atoms with E-state index in [9.17, 15) is 5.11 Å². The lowest BCUT2D eigenvalue weighted by molar-refractivity contribution is 0.0560. The Labute approximate surface area is 110 Å². The summed E-state index contributed by atoms with van der Waals surface area (Å²) in [5, 5.41) is 18.2. The highest BCUT2D eigenvalue weighted by Gasteiger charge is 2.23. The summed E-state index contributed by atoms with van der Waals surface area (Å²) < 4.78 is 1.99. The van der Waals surface area contributed by atoms with Crippen molar-refractivity contribution < 1.29 is 5.11 Å². The molecule has 0 aromatic carbocycles. The van der Waals surface area contributed by atoms with Crippen LogP contribution in [0.15, 0.2) is 6.07 Å². The van der Waals surface area contributed by atoms with Crippen LogP contribution in [0.25, 0.3) is 0 Å². The molecule has 4 nitrogen and oxygen atoms in total. The maximum absolute atomic E-state index is 10.4. The van der Waals surface area contributed by atoms with Gasteiger partial charge in [0.2, 0.25) is 0 Å². The van der Waals surface area contributed by atoms with Crippen molar-refractivity contribution in [2.75, 3.05) is 6.54 Å². The van der Waals surface area contributed by atoms with Crippen LogP contribution in [0.2, 0.25) is 0 Å². The molecule has 0 radical (unpaired) electrons. The van der Waals surface area contributed by atoms with Crippen molar-refractivity contribution >= 4 is 0 Å². The van der Waals surface area contributed by atoms with E-state index in [2.05, 4.69) is 44.2 Å². The highest BCUT2D eigenvalue weighted by atomic mass is 16.3. The van der Waals surface area contributed by atoms with E-state index in [0.717, 1.165) is 24.4 Å². The zero-order valence-electron chi connectivity index (χ0n) is 12.3. The third-order valence-electron chi connectivity index (χ3n) is 3.03. The molecule has 18 heavy (non-hydrogen) atoms. The highest BCUT2D eigenvalue weighted by Crippen LogP contribution is 2.15. The van der Waals surface area contributed by atoms with Crippen LogP contribution in [-0.2, 0) is 19.4 Å². The highest BCUT2D eigenvalue weighted by molar-refractivity contribution is 5.13. The molecule has 0 bridgehead atoms. The normalized spacial score (nSPS) is 15.1. The van der Waals surface area contributed by atoms with E-state index in [1.165, 1.54) is 0 Å². The zero-order valence-corrected chi connectivity index (χ0v) is 12.3. The van der Waals surface area contributed by atoms with Gasteiger partial charge in [0.05, 0.1) is 11.3 Å². The minimum absolute atomic E-state index is 0.388. The van der Waals surface area contributed by atoms with Crippen LogP contribution in [-0.4, -0.2) is 33.1 Å². The Balaban J connectivity index is 2.72. The number of hydrogen-bond donors (Lipinski definition) is 2. The molecule has 1 heterocycles. The first-order chi connectivity index (χ1) is 8.38. The predicted molar refractivity (Wildman–Crippen MR) is 74.7 cm³/mol. The van der Waals surface area contributed by atoms with Crippen LogP contribution in [0.1, 0.15) is 46.0 Å². The lowest BCUT2D eigenvalue weighted by Crippen LogP contribution is -2.42. The van der Waals surface area contributed by atoms with Gasteiger partial charge in [-0.2, -0.15) is 5.10 Å². The molecule has 0 aliphatic heterocycles. The van der Waals surface area contributed by atoms with Crippen molar-refractivity contribution in [1.82, 2.24) is 15.1 Å². The fourth-order valence-corrected chi connectivity index (χ4v) is 1.98. The molecule has 0 saturated heterocycles. The minimum atomic E-state index is -0.734. The van der Waals surface area contributed by atoms with Gasteiger partial charge >= 0.3 is 0 Å². The molecule has 2 N–H and O–H groups in total. The average molecular weight is 253 g/mol. The summed E-state index contributed by atoms with van der Waals surface area (Å²) in [6, 6.07) is 2.49. The van der Waals surface area contributed by atoms with Crippen LogP contribution in [0.5, 0.6) is 0 Å². The predicted octanol–water partition coefficient (Wildman–Crippen LogP) is 1.76. The third kappa shape index (κ3) is 4.42. The number of rotatable bonds is 7. The molecule has 1 aromatic rings. The van der Waals surface area contributed by atoms with Gasteiger partial charge in [-0.15, -0.1) is 0 Å². The molecule has 1 atom stereocenters. The largest absolute Gasteiger partial charge is 0.388 e. The zero-order chi connectivity index (χ0) is 13.8.